The number of hydrogen-bond acceptors (Lipinski definition) is 7. The first-order valence-electron chi connectivity index (χ1n) is 8.96. The van der Waals surface area contributed by atoms with E-state index in [1.807, 2.05) is 13.2 Å². The van der Waals surface area contributed by atoms with E-state index in [9.17, 15) is 14.3 Å². The number of piperazine rings is 1. The van der Waals surface area contributed by atoms with Gasteiger partial charge in [-0.15, -0.1) is 0 Å². The van der Waals surface area contributed by atoms with Crippen LogP contribution in [0.3, 0.4) is 0 Å². The van der Waals surface area contributed by atoms with Crippen LogP contribution in [0, 0.1) is 5.82 Å². The second kappa shape index (κ2) is 6.21. The number of anilines is 1. The normalized spacial score (nSPS) is 28.1. The summed E-state index contributed by atoms with van der Waals surface area (Å²) < 4.78 is 20.8. The number of aromatic nitrogens is 3. The van der Waals surface area contributed by atoms with Crippen LogP contribution < -0.4 is 9.64 Å². The number of halogens is 2. The highest BCUT2D eigenvalue weighted by atomic mass is 35.5. The van der Waals surface area contributed by atoms with Crippen LogP contribution in [0.4, 0.5) is 15.0 Å². The molecule has 0 spiro atoms. The minimum absolute atomic E-state index is 0.0743. The highest BCUT2D eigenvalue weighted by Gasteiger charge is 2.53. The van der Waals surface area contributed by atoms with Gasteiger partial charge in [0, 0.05) is 6.54 Å². The number of ether oxygens (including phenoxy) is 1. The molecular weight excluding hydrogens is 409 g/mol. The number of thioether (sulfide) groups is 1. The minimum Gasteiger partial charge on any atom is -0.472 e. The van der Waals surface area contributed by atoms with Crippen molar-refractivity contribution in [2.24, 2.45) is 0 Å². The molecule has 3 aliphatic rings. The second-order valence-corrected chi connectivity index (χ2v) is 8.36. The lowest BCUT2D eigenvalue weighted by Crippen LogP contribution is -2.64. The quantitative estimate of drug-likeness (QED) is 0.423. The Morgan fingerprint density at radius 1 is 1.36 bits per heavy atom. The van der Waals surface area contributed by atoms with Gasteiger partial charge in [-0.05, 0) is 26.0 Å². The Morgan fingerprint density at radius 3 is 2.86 bits per heavy atom. The van der Waals surface area contributed by atoms with Crippen molar-refractivity contribution in [2.45, 2.75) is 49.2 Å². The Bertz CT molecular complexity index is 1010. The molecule has 148 valence electrons. The van der Waals surface area contributed by atoms with E-state index in [1.54, 1.807) is 0 Å². The summed E-state index contributed by atoms with van der Waals surface area (Å²) in [4.78, 5) is 28.5. The average Bonchev–Trinajstić information content (AvgIpc) is 2.92. The first kappa shape index (κ1) is 18.0. The number of rotatable bonds is 1. The predicted octanol–water partition coefficient (Wildman–Crippen LogP) is 3.02. The Hall–Kier alpha value is -2.07. The third-order valence-corrected chi connectivity index (χ3v) is 6.63. The third kappa shape index (κ3) is 2.37. The molecule has 0 radical (unpaired) electrons. The summed E-state index contributed by atoms with van der Waals surface area (Å²) in [5.41, 5.74) is 0.0743. The fourth-order valence-corrected chi connectivity index (χ4v) is 5.31. The monoisotopic (exact) mass is 425 g/mol. The Balaban J connectivity index is 1.76. The first-order chi connectivity index (χ1) is 13.4. The van der Waals surface area contributed by atoms with Crippen LogP contribution in [-0.4, -0.2) is 68.1 Å². The van der Waals surface area contributed by atoms with Gasteiger partial charge in [0.05, 0.1) is 18.1 Å². The number of hydrogen-bond donors (Lipinski definition) is 1. The molecular formula is C17H17ClFN5O3S. The summed E-state index contributed by atoms with van der Waals surface area (Å²) >= 11 is 7.30. The second-order valence-electron chi connectivity index (χ2n) is 7.23. The predicted molar refractivity (Wildman–Crippen MR) is 102 cm³/mol. The maximum Gasteiger partial charge on any atom is 0.407 e. The van der Waals surface area contributed by atoms with Gasteiger partial charge in [0.15, 0.2) is 16.1 Å². The molecule has 1 amide bonds. The summed E-state index contributed by atoms with van der Waals surface area (Å²) in [7, 11) is 0. The van der Waals surface area contributed by atoms with Gasteiger partial charge in [-0.3, -0.25) is 4.90 Å². The molecule has 5 heterocycles. The molecule has 2 aromatic heterocycles. The number of carboxylic acid groups (broad SMARTS) is 1. The zero-order valence-corrected chi connectivity index (χ0v) is 16.7. The van der Waals surface area contributed by atoms with Crippen LogP contribution in [0.1, 0.15) is 19.8 Å². The molecule has 5 rings (SSSR count). The number of nitrogens with zero attached hydrogens (tertiary/aromatic N) is 5. The van der Waals surface area contributed by atoms with E-state index in [4.69, 9.17) is 16.3 Å². The van der Waals surface area contributed by atoms with Crippen LogP contribution in [0.15, 0.2) is 5.16 Å². The van der Waals surface area contributed by atoms with E-state index >= 15 is 0 Å². The smallest absolute Gasteiger partial charge is 0.407 e. The zero-order chi connectivity index (χ0) is 19.7. The summed E-state index contributed by atoms with van der Waals surface area (Å²) in [6.07, 6.45) is 2.02. The Kier molecular flexibility index (Phi) is 3.99. The van der Waals surface area contributed by atoms with E-state index in [1.165, 1.54) is 16.7 Å². The van der Waals surface area contributed by atoms with Crippen molar-refractivity contribution in [1.29, 1.82) is 0 Å². The molecule has 2 bridgehead atoms. The molecule has 3 aliphatic heterocycles. The van der Waals surface area contributed by atoms with E-state index in [0.29, 0.717) is 22.9 Å². The highest BCUT2D eigenvalue weighted by molar-refractivity contribution is 7.98. The standard InChI is InChI=1S/C17H17ClFN5O3S/c1-6-12-8-4-3-7(24(8)17(25)26)5-23(12)14-9-11(20-16(22-14)28-2)10(19)13(18)21-15(9)27-6/h6-8,12H,3-5H2,1-2H3,(H,25,26). The van der Waals surface area contributed by atoms with Crippen molar-refractivity contribution in [3.05, 3.63) is 11.0 Å². The van der Waals surface area contributed by atoms with E-state index in [2.05, 4.69) is 19.9 Å². The summed E-state index contributed by atoms with van der Waals surface area (Å²) in [5.74, 6) is 0.00798. The third-order valence-electron chi connectivity index (χ3n) is 5.83. The van der Waals surface area contributed by atoms with Gasteiger partial charge in [-0.25, -0.2) is 19.2 Å². The molecule has 28 heavy (non-hydrogen) atoms. The molecule has 2 aromatic rings. The van der Waals surface area contributed by atoms with Gasteiger partial charge >= 0.3 is 6.09 Å². The van der Waals surface area contributed by atoms with E-state index < -0.39 is 18.0 Å². The maximum absolute atomic E-state index is 14.8. The van der Waals surface area contributed by atoms with Gasteiger partial charge in [-0.1, -0.05) is 23.4 Å². The molecule has 4 unspecified atom stereocenters. The van der Waals surface area contributed by atoms with Gasteiger partial charge in [-0.2, -0.15) is 4.98 Å². The molecule has 0 aromatic carbocycles. The highest BCUT2D eigenvalue weighted by Crippen LogP contribution is 2.45. The summed E-state index contributed by atoms with van der Waals surface area (Å²) in [5, 5.41) is 10.2. The molecule has 11 heteroatoms. The zero-order valence-electron chi connectivity index (χ0n) is 15.1. The molecule has 4 atom stereocenters. The number of pyridine rings is 1. The van der Waals surface area contributed by atoms with Crippen LogP contribution in [0.2, 0.25) is 5.15 Å². The first-order valence-corrected chi connectivity index (χ1v) is 10.6. The minimum atomic E-state index is -0.925. The lowest BCUT2D eigenvalue weighted by atomic mass is 9.98. The topological polar surface area (TPSA) is 91.7 Å². The maximum atomic E-state index is 14.8. The molecule has 0 aliphatic carbocycles. The van der Waals surface area contributed by atoms with E-state index in [-0.39, 0.29) is 34.7 Å². The molecule has 1 N–H and O–H groups in total. The van der Waals surface area contributed by atoms with Crippen molar-refractivity contribution in [2.75, 3.05) is 17.7 Å². The van der Waals surface area contributed by atoms with E-state index in [0.717, 1.165) is 12.8 Å². The van der Waals surface area contributed by atoms with Crippen molar-refractivity contribution in [3.8, 4) is 5.88 Å². The van der Waals surface area contributed by atoms with Gasteiger partial charge < -0.3 is 14.7 Å². The number of carbonyl (C=O) groups is 1. The molecule has 0 saturated carbocycles. The van der Waals surface area contributed by atoms with Gasteiger partial charge in [0.2, 0.25) is 5.88 Å². The summed E-state index contributed by atoms with van der Waals surface area (Å²) in [6.45, 7) is 2.33. The fourth-order valence-electron chi connectivity index (χ4n) is 4.78. The number of fused-ring (bicyclic) bond motifs is 5. The van der Waals surface area contributed by atoms with Gasteiger partial charge in [0.25, 0.3) is 0 Å². The van der Waals surface area contributed by atoms with Crippen LogP contribution >= 0.6 is 23.4 Å². The van der Waals surface area contributed by atoms with Crippen molar-refractivity contribution >= 4 is 46.2 Å². The van der Waals surface area contributed by atoms with Gasteiger partial charge in [0.1, 0.15) is 22.8 Å². The SMILES string of the molecule is CSc1nc2c3c(nc(Cl)c(F)c3n1)OC(C)C1C3CCC(CN21)N3C(=O)O. The molecule has 2 saturated heterocycles. The van der Waals surface area contributed by atoms with Crippen molar-refractivity contribution < 1.29 is 19.0 Å². The number of amides is 1. The van der Waals surface area contributed by atoms with Crippen LogP contribution in [-0.2, 0) is 0 Å². The Morgan fingerprint density at radius 2 is 2.14 bits per heavy atom. The lowest BCUT2D eigenvalue weighted by Gasteiger charge is -2.47. The molecule has 2 fully saturated rings. The van der Waals surface area contributed by atoms with Crippen LogP contribution in [0.25, 0.3) is 10.9 Å². The van der Waals surface area contributed by atoms with Crippen molar-refractivity contribution in [1.82, 2.24) is 19.9 Å². The fraction of sp³-hybridized carbons (Fsp3) is 0.529. The largest absolute Gasteiger partial charge is 0.472 e. The molecule has 8 nitrogen and oxygen atoms in total. The van der Waals surface area contributed by atoms with Crippen molar-refractivity contribution in [3.63, 3.8) is 0 Å². The average molecular weight is 426 g/mol. The Labute approximate surface area is 169 Å². The summed E-state index contributed by atoms with van der Waals surface area (Å²) in [6, 6.07) is -0.636. The van der Waals surface area contributed by atoms with Crippen LogP contribution in [0.5, 0.6) is 5.88 Å². The lowest BCUT2D eigenvalue weighted by molar-refractivity contribution is 0.0707.